The van der Waals surface area contributed by atoms with E-state index in [4.69, 9.17) is 0 Å². The zero-order chi connectivity index (χ0) is 25.5. The van der Waals surface area contributed by atoms with E-state index in [1.165, 1.54) is 75.2 Å². The van der Waals surface area contributed by atoms with Crippen molar-refractivity contribution in [1.82, 2.24) is 9.13 Å². The molecule has 182 valence electrons. The molecule has 2 nitrogen and oxygen atoms in total. The van der Waals surface area contributed by atoms with Crippen LogP contribution in [-0.4, -0.2) is 9.13 Å². The lowest BCUT2D eigenvalue weighted by Crippen LogP contribution is -1.96. The topological polar surface area (TPSA) is 9.86 Å². The van der Waals surface area contributed by atoms with Crippen molar-refractivity contribution in [2.45, 2.75) is 0 Å². The monoisotopic (exact) mass is 514 g/mol. The third-order valence-corrected chi connectivity index (χ3v) is 9.25. The average molecular weight is 515 g/mol. The molecule has 0 aliphatic rings. The molecule has 0 aliphatic carbocycles. The highest BCUT2D eigenvalue weighted by Gasteiger charge is 2.19. The van der Waals surface area contributed by atoms with Gasteiger partial charge in [0.15, 0.2) is 0 Å². The fraction of sp³-hybridized carbons (Fsp3) is 0. The fourth-order valence-corrected chi connectivity index (χ4v) is 7.64. The normalized spacial score (nSPS) is 12.1. The molecule has 0 bridgehead atoms. The number of fused-ring (bicyclic) bond motifs is 9. The largest absolute Gasteiger partial charge is 0.309 e. The molecule has 6 aromatic carbocycles. The summed E-state index contributed by atoms with van der Waals surface area (Å²) in [6, 6.07) is 48.7. The van der Waals surface area contributed by atoms with Gasteiger partial charge in [-0.1, -0.05) is 84.9 Å². The van der Waals surface area contributed by atoms with Gasteiger partial charge in [-0.15, -0.1) is 11.3 Å². The predicted octanol–water partition coefficient (Wildman–Crippen LogP) is 10.2. The first-order chi connectivity index (χ1) is 19.4. The van der Waals surface area contributed by atoms with Gasteiger partial charge in [0, 0.05) is 47.4 Å². The van der Waals surface area contributed by atoms with E-state index in [1.807, 2.05) is 11.3 Å². The second-order valence-corrected chi connectivity index (χ2v) is 11.3. The van der Waals surface area contributed by atoms with Gasteiger partial charge in [0.2, 0.25) is 0 Å². The molecule has 0 atom stereocenters. The smallest absolute Gasteiger partial charge is 0.0562 e. The number of thiophene rings is 1. The molecule has 0 fully saturated rings. The Hall–Kier alpha value is -4.86. The van der Waals surface area contributed by atoms with Crippen LogP contribution in [0.2, 0.25) is 0 Å². The van der Waals surface area contributed by atoms with E-state index in [0.717, 1.165) is 0 Å². The molecule has 3 heterocycles. The molecule has 0 saturated carbocycles. The summed E-state index contributed by atoms with van der Waals surface area (Å²) in [4.78, 5) is 0. The maximum atomic E-state index is 2.44. The molecule has 9 aromatic rings. The van der Waals surface area contributed by atoms with Crippen molar-refractivity contribution in [3.8, 4) is 11.4 Å². The van der Waals surface area contributed by atoms with Crippen molar-refractivity contribution >= 4 is 75.1 Å². The summed E-state index contributed by atoms with van der Waals surface area (Å²) in [6.07, 6.45) is 0. The molecule has 0 radical (unpaired) electrons. The first kappa shape index (κ1) is 21.1. The van der Waals surface area contributed by atoms with Crippen LogP contribution >= 0.6 is 11.3 Å². The third-order valence-electron chi connectivity index (χ3n) is 8.12. The summed E-state index contributed by atoms with van der Waals surface area (Å²) >= 11 is 1.87. The molecule has 3 aromatic heterocycles. The fourth-order valence-electron chi connectivity index (χ4n) is 6.50. The van der Waals surface area contributed by atoms with Crippen molar-refractivity contribution in [3.63, 3.8) is 0 Å². The Labute approximate surface area is 228 Å². The van der Waals surface area contributed by atoms with Crippen LogP contribution in [0.3, 0.4) is 0 Å². The SMILES string of the molecule is c1ccc2c(c1)sc1cc(-n3c4ccccc4c4c(-n5c6ccccc6c6ccccc65)cccc43)ccc12. The lowest BCUT2D eigenvalue weighted by Gasteiger charge is -2.11. The van der Waals surface area contributed by atoms with Gasteiger partial charge in [-0.05, 0) is 48.5 Å². The van der Waals surface area contributed by atoms with Crippen LogP contribution in [0.1, 0.15) is 0 Å². The van der Waals surface area contributed by atoms with Crippen molar-refractivity contribution in [3.05, 3.63) is 133 Å². The summed E-state index contributed by atoms with van der Waals surface area (Å²) in [7, 11) is 0. The van der Waals surface area contributed by atoms with Crippen LogP contribution in [-0.2, 0) is 0 Å². The standard InChI is InChI=1S/C36H22N2S/c1-5-14-29-24(10-1)25-11-2-6-15-30(25)38(29)33-18-9-17-32-36(33)28-13-3-7-16-31(28)37(32)23-20-21-27-26-12-4-8-19-34(26)39-35(27)22-23/h1-22H. The van der Waals surface area contributed by atoms with E-state index >= 15 is 0 Å². The van der Waals surface area contributed by atoms with Crippen LogP contribution in [0, 0.1) is 0 Å². The average Bonchev–Trinajstić information content (AvgIpc) is 3.64. The van der Waals surface area contributed by atoms with Crippen molar-refractivity contribution in [2.24, 2.45) is 0 Å². The van der Waals surface area contributed by atoms with Crippen LogP contribution < -0.4 is 0 Å². The first-order valence-electron chi connectivity index (χ1n) is 13.3. The number of para-hydroxylation sites is 3. The van der Waals surface area contributed by atoms with Crippen molar-refractivity contribution < 1.29 is 0 Å². The molecule has 0 spiro atoms. The van der Waals surface area contributed by atoms with Crippen LogP contribution in [0.4, 0.5) is 0 Å². The Morgan fingerprint density at radius 1 is 0.385 bits per heavy atom. The molecule has 0 N–H and O–H groups in total. The highest BCUT2D eigenvalue weighted by molar-refractivity contribution is 7.25. The zero-order valence-corrected chi connectivity index (χ0v) is 21.8. The Bertz CT molecular complexity index is 2350. The van der Waals surface area contributed by atoms with Crippen LogP contribution in [0.25, 0.3) is 75.2 Å². The van der Waals surface area contributed by atoms with Gasteiger partial charge < -0.3 is 9.13 Å². The Morgan fingerprint density at radius 2 is 0.949 bits per heavy atom. The molecule has 0 saturated heterocycles. The molecule has 9 rings (SSSR count). The highest BCUT2D eigenvalue weighted by atomic mass is 32.1. The number of hydrogen-bond donors (Lipinski definition) is 0. The molecule has 3 heteroatoms. The molecule has 0 amide bonds. The molecule has 0 unspecified atom stereocenters. The summed E-state index contributed by atoms with van der Waals surface area (Å²) in [5.41, 5.74) is 7.31. The minimum atomic E-state index is 1.19. The molecular weight excluding hydrogens is 492 g/mol. The Morgan fingerprint density at radius 3 is 1.69 bits per heavy atom. The quantitative estimate of drug-likeness (QED) is 0.217. The van der Waals surface area contributed by atoms with Gasteiger partial charge in [0.1, 0.15) is 0 Å². The predicted molar refractivity (Wildman–Crippen MR) is 168 cm³/mol. The van der Waals surface area contributed by atoms with Crippen molar-refractivity contribution in [1.29, 1.82) is 0 Å². The van der Waals surface area contributed by atoms with E-state index in [1.54, 1.807) is 0 Å². The number of benzene rings is 6. The Balaban J connectivity index is 1.40. The molecule has 0 aliphatic heterocycles. The van der Waals surface area contributed by atoms with Crippen molar-refractivity contribution in [2.75, 3.05) is 0 Å². The number of aromatic nitrogens is 2. The van der Waals surface area contributed by atoms with E-state index in [2.05, 4.69) is 143 Å². The minimum absolute atomic E-state index is 1.19. The third kappa shape index (κ3) is 2.85. The molecular formula is C36H22N2S. The highest BCUT2D eigenvalue weighted by Crippen LogP contribution is 2.41. The van der Waals surface area contributed by atoms with Crippen LogP contribution in [0.5, 0.6) is 0 Å². The maximum Gasteiger partial charge on any atom is 0.0562 e. The van der Waals surface area contributed by atoms with E-state index in [-0.39, 0.29) is 0 Å². The van der Waals surface area contributed by atoms with Gasteiger partial charge in [-0.3, -0.25) is 0 Å². The maximum absolute atomic E-state index is 2.44. The van der Waals surface area contributed by atoms with Gasteiger partial charge >= 0.3 is 0 Å². The van der Waals surface area contributed by atoms with Gasteiger partial charge in [0.05, 0.1) is 27.8 Å². The number of hydrogen-bond acceptors (Lipinski definition) is 1. The number of rotatable bonds is 2. The lowest BCUT2D eigenvalue weighted by atomic mass is 10.1. The summed E-state index contributed by atoms with van der Waals surface area (Å²) in [5, 5.41) is 7.76. The summed E-state index contributed by atoms with van der Waals surface area (Å²) in [5.74, 6) is 0. The summed E-state index contributed by atoms with van der Waals surface area (Å²) < 4.78 is 7.53. The van der Waals surface area contributed by atoms with E-state index in [0.29, 0.717) is 0 Å². The van der Waals surface area contributed by atoms with E-state index < -0.39 is 0 Å². The zero-order valence-electron chi connectivity index (χ0n) is 21.0. The van der Waals surface area contributed by atoms with Crippen LogP contribution in [0.15, 0.2) is 133 Å². The number of nitrogens with zero attached hydrogens (tertiary/aromatic N) is 2. The van der Waals surface area contributed by atoms with Gasteiger partial charge in [-0.25, -0.2) is 0 Å². The second kappa shape index (κ2) is 7.83. The summed E-state index contributed by atoms with van der Waals surface area (Å²) in [6.45, 7) is 0. The van der Waals surface area contributed by atoms with Gasteiger partial charge in [-0.2, -0.15) is 0 Å². The lowest BCUT2D eigenvalue weighted by molar-refractivity contribution is 1.17. The molecule has 39 heavy (non-hydrogen) atoms. The Kier molecular flexibility index (Phi) is 4.24. The van der Waals surface area contributed by atoms with Gasteiger partial charge in [0.25, 0.3) is 0 Å². The first-order valence-corrected chi connectivity index (χ1v) is 14.1. The second-order valence-electron chi connectivity index (χ2n) is 10.2. The minimum Gasteiger partial charge on any atom is -0.309 e. The van der Waals surface area contributed by atoms with E-state index in [9.17, 15) is 0 Å².